The van der Waals surface area contributed by atoms with Crippen LogP contribution in [0.5, 0.6) is 0 Å². The molecule has 3 heteroatoms. The lowest BCUT2D eigenvalue weighted by atomic mass is 9.74. The third-order valence-electron chi connectivity index (χ3n) is 4.75. The van der Waals surface area contributed by atoms with E-state index in [9.17, 15) is 10.1 Å². The van der Waals surface area contributed by atoms with Crippen molar-refractivity contribution in [2.75, 3.05) is 7.11 Å². The number of ether oxygens (including phenoxy) is 1. The number of nitrogens with zero attached hydrogens (tertiary/aromatic N) is 1. The van der Waals surface area contributed by atoms with Gasteiger partial charge in [-0.25, -0.2) is 4.79 Å². The zero-order valence-corrected chi connectivity index (χ0v) is 13.8. The molecule has 2 aromatic rings. The van der Waals surface area contributed by atoms with Gasteiger partial charge in [0.05, 0.1) is 18.7 Å². The largest absolute Gasteiger partial charge is 0.466 e. The molecule has 3 nitrogen and oxygen atoms in total. The number of hydrogen-bond acceptors (Lipinski definition) is 3. The predicted octanol–water partition coefficient (Wildman–Crippen LogP) is 3.98. The summed E-state index contributed by atoms with van der Waals surface area (Å²) in [6, 6.07) is 18.3. The Bertz CT molecular complexity index is 833. The van der Waals surface area contributed by atoms with E-state index >= 15 is 0 Å². The molecule has 0 bridgehead atoms. The van der Waals surface area contributed by atoms with Crippen LogP contribution in [0.25, 0.3) is 0 Å². The van der Waals surface area contributed by atoms with E-state index in [1.165, 1.54) is 24.3 Å². The molecule has 0 fully saturated rings. The van der Waals surface area contributed by atoms with Crippen LogP contribution < -0.4 is 0 Å². The van der Waals surface area contributed by atoms with Gasteiger partial charge in [0.25, 0.3) is 0 Å². The standard InChI is InChI=1S/C21H19NO2/c1-21(11-10-19(23)24-2)13-17-9-8-15(14-22)12-18(17)20(21)16-6-4-3-5-7-16/h3-12,20H,13H2,1-2H3/t20-,21+/m0/s1. The molecule has 24 heavy (non-hydrogen) atoms. The summed E-state index contributed by atoms with van der Waals surface area (Å²) in [6.45, 7) is 2.15. The monoisotopic (exact) mass is 317 g/mol. The second-order valence-electron chi connectivity index (χ2n) is 6.41. The van der Waals surface area contributed by atoms with Gasteiger partial charge in [-0.05, 0) is 35.2 Å². The van der Waals surface area contributed by atoms with Crippen molar-refractivity contribution in [2.24, 2.45) is 5.41 Å². The van der Waals surface area contributed by atoms with Gasteiger partial charge in [0, 0.05) is 17.4 Å². The third kappa shape index (κ3) is 2.83. The van der Waals surface area contributed by atoms with E-state index in [-0.39, 0.29) is 17.3 Å². The van der Waals surface area contributed by atoms with Gasteiger partial charge >= 0.3 is 5.97 Å². The lowest BCUT2D eigenvalue weighted by molar-refractivity contribution is -0.134. The number of hydrogen-bond donors (Lipinski definition) is 0. The molecular weight excluding hydrogens is 298 g/mol. The Kier molecular flexibility index (Phi) is 4.22. The Hall–Kier alpha value is -2.86. The van der Waals surface area contributed by atoms with Gasteiger partial charge in [0.2, 0.25) is 0 Å². The van der Waals surface area contributed by atoms with Crippen molar-refractivity contribution in [1.82, 2.24) is 0 Å². The minimum atomic E-state index is -0.350. The number of carbonyl (C=O) groups excluding carboxylic acids is 1. The minimum absolute atomic E-state index is 0.0999. The highest BCUT2D eigenvalue weighted by Gasteiger charge is 2.41. The van der Waals surface area contributed by atoms with Crippen LogP contribution in [0.4, 0.5) is 0 Å². The zero-order valence-electron chi connectivity index (χ0n) is 13.8. The molecule has 0 radical (unpaired) electrons. The van der Waals surface area contributed by atoms with Crippen LogP contribution in [-0.2, 0) is 16.0 Å². The van der Waals surface area contributed by atoms with Crippen LogP contribution in [0, 0.1) is 16.7 Å². The molecule has 0 aliphatic heterocycles. The highest BCUT2D eigenvalue weighted by molar-refractivity contribution is 5.82. The summed E-state index contributed by atoms with van der Waals surface area (Å²) in [7, 11) is 1.38. The van der Waals surface area contributed by atoms with E-state index in [0.29, 0.717) is 5.56 Å². The molecule has 0 spiro atoms. The maximum absolute atomic E-state index is 11.6. The van der Waals surface area contributed by atoms with Crippen molar-refractivity contribution < 1.29 is 9.53 Å². The van der Waals surface area contributed by atoms with Crippen LogP contribution in [0.3, 0.4) is 0 Å². The number of fused-ring (bicyclic) bond motifs is 1. The predicted molar refractivity (Wildman–Crippen MR) is 92.4 cm³/mol. The van der Waals surface area contributed by atoms with Gasteiger partial charge in [-0.15, -0.1) is 0 Å². The fourth-order valence-corrected chi connectivity index (χ4v) is 3.65. The molecule has 0 unspecified atom stereocenters. The van der Waals surface area contributed by atoms with Gasteiger partial charge in [0.15, 0.2) is 0 Å². The second kappa shape index (κ2) is 6.33. The summed E-state index contributed by atoms with van der Waals surface area (Å²) in [5.74, 6) is -0.250. The molecule has 2 atom stereocenters. The number of carbonyl (C=O) groups is 1. The summed E-state index contributed by atoms with van der Waals surface area (Å²) in [6.07, 6.45) is 4.27. The first kappa shape index (κ1) is 16.0. The number of methoxy groups -OCH3 is 1. The van der Waals surface area contributed by atoms with Crippen LogP contribution in [0.1, 0.15) is 35.1 Å². The van der Waals surface area contributed by atoms with Crippen LogP contribution in [0.15, 0.2) is 60.7 Å². The van der Waals surface area contributed by atoms with Crippen molar-refractivity contribution in [1.29, 1.82) is 5.26 Å². The Labute approximate surface area is 142 Å². The van der Waals surface area contributed by atoms with Gasteiger partial charge in [-0.1, -0.05) is 49.4 Å². The fourth-order valence-electron chi connectivity index (χ4n) is 3.65. The molecule has 0 saturated heterocycles. The first-order valence-corrected chi connectivity index (χ1v) is 7.92. The quantitative estimate of drug-likeness (QED) is 0.635. The summed E-state index contributed by atoms with van der Waals surface area (Å²) in [4.78, 5) is 11.6. The maximum atomic E-state index is 11.6. The van der Waals surface area contributed by atoms with Gasteiger partial charge in [-0.2, -0.15) is 5.26 Å². The molecule has 2 aromatic carbocycles. The topological polar surface area (TPSA) is 50.1 Å². The number of allylic oxidation sites excluding steroid dienone is 1. The number of benzene rings is 2. The van der Waals surface area contributed by atoms with Crippen molar-refractivity contribution in [3.8, 4) is 6.07 Å². The van der Waals surface area contributed by atoms with Gasteiger partial charge < -0.3 is 4.74 Å². The lowest BCUT2D eigenvalue weighted by Gasteiger charge is -2.29. The molecule has 0 aromatic heterocycles. The average Bonchev–Trinajstić information content (AvgIpc) is 2.91. The third-order valence-corrected chi connectivity index (χ3v) is 4.75. The molecule has 0 amide bonds. The van der Waals surface area contributed by atoms with E-state index in [2.05, 4.69) is 25.1 Å². The van der Waals surface area contributed by atoms with Crippen LogP contribution in [0.2, 0.25) is 0 Å². The molecule has 3 rings (SSSR count). The normalized spacial score (nSPS) is 22.1. The van der Waals surface area contributed by atoms with E-state index < -0.39 is 0 Å². The number of esters is 1. The summed E-state index contributed by atoms with van der Waals surface area (Å²) < 4.78 is 4.74. The Morgan fingerprint density at radius 1 is 1.29 bits per heavy atom. The first-order valence-electron chi connectivity index (χ1n) is 7.92. The van der Waals surface area contributed by atoms with Crippen LogP contribution in [-0.4, -0.2) is 13.1 Å². The molecule has 1 aliphatic rings. The Morgan fingerprint density at radius 3 is 2.71 bits per heavy atom. The number of nitriles is 1. The fraction of sp³-hybridized carbons (Fsp3) is 0.238. The molecule has 0 saturated carbocycles. The molecule has 120 valence electrons. The Morgan fingerprint density at radius 2 is 2.04 bits per heavy atom. The molecule has 1 aliphatic carbocycles. The average molecular weight is 317 g/mol. The van der Waals surface area contributed by atoms with Crippen molar-refractivity contribution in [2.45, 2.75) is 19.3 Å². The molecule has 0 N–H and O–H groups in total. The summed E-state index contributed by atoms with van der Waals surface area (Å²) in [5.41, 5.74) is 3.99. The first-order chi connectivity index (χ1) is 11.6. The highest BCUT2D eigenvalue weighted by Crippen LogP contribution is 2.51. The van der Waals surface area contributed by atoms with E-state index in [1.807, 2.05) is 42.5 Å². The summed E-state index contributed by atoms with van der Waals surface area (Å²) in [5, 5.41) is 9.24. The lowest BCUT2D eigenvalue weighted by Crippen LogP contribution is -2.21. The highest BCUT2D eigenvalue weighted by atomic mass is 16.5. The van der Waals surface area contributed by atoms with E-state index in [4.69, 9.17) is 4.74 Å². The van der Waals surface area contributed by atoms with E-state index in [0.717, 1.165) is 12.0 Å². The zero-order chi connectivity index (χ0) is 17.2. The SMILES string of the molecule is COC(=O)C=C[C@]1(C)Cc2ccc(C#N)cc2[C@@H]1c1ccccc1. The van der Waals surface area contributed by atoms with Gasteiger partial charge in [-0.3, -0.25) is 0 Å². The van der Waals surface area contributed by atoms with Gasteiger partial charge in [0.1, 0.15) is 0 Å². The minimum Gasteiger partial charge on any atom is -0.466 e. The molecular formula is C21H19NO2. The second-order valence-corrected chi connectivity index (χ2v) is 6.41. The Balaban J connectivity index is 2.12. The van der Waals surface area contributed by atoms with Crippen molar-refractivity contribution in [3.05, 3.63) is 82.9 Å². The summed E-state index contributed by atoms with van der Waals surface area (Å²) >= 11 is 0. The van der Waals surface area contributed by atoms with Crippen molar-refractivity contribution in [3.63, 3.8) is 0 Å². The number of rotatable bonds is 3. The smallest absolute Gasteiger partial charge is 0.330 e. The van der Waals surface area contributed by atoms with Crippen LogP contribution >= 0.6 is 0 Å². The molecule has 0 heterocycles. The maximum Gasteiger partial charge on any atom is 0.330 e. The van der Waals surface area contributed by atoms with Crippen molar-refractivity contribution >= 4 is 5.97 Å². The van der Waals surface area contributed by atoms with E-state index in [1.54, 1.807) is 0 Å².